The van der Waals surface area contributed by atoms with Crippen LogP contribution < -0.4 is 0 Å². The van der Waals surface area contributed by atoms with Crippen molar-refractivity contribution in [2.75, 3.05) is 13.2 Å². The zero-order chi connectivity index (χ0) is 18.2. The Morgan fingerprint density at radius 2 is 2.17 bits per heavy atom. The van der Waals surface area contributed by atoms with Crippen LogP contribution in [0.25, 0.3) is 0 Å². The molecule has 4 heteroatoms. The van der Waals surface area contributed by atoms with Gasteiger partial charge in [0.2, 0.25) is 0 Å². The lowest BCUT2D eigenvalue weighted by Gasteiger charge is -2.33. The van der Waals surface area contributed by atoms with Crippen LogP contribution in [0.2, 0.25) is 0 Å². The third kappa shape index (κ3) is 6.88. The molecule has 1 fully saturated rings. The number of aliphatic hydroxyl groups excluding tert-OH is 2. The quantitative estimate of drug-likeness (QED) is 0.664. The van der Waals surface area contributed by atoms with Crippen LogP contribution in [-0.4, -0.2) is 40.9 Å². The number of Topliss-reactive ketones (excluding diaryl/α,β-unsaturated/α-hetero) is 1. The second kappa shape index (κ2) is 10.1. The Hall–Kier alpha value is -0.970. The van der Waals surface area contributed by atoms with Crippen LogP contribution in [0.3, 0.4) is 0 Å². The number of hydrogen-bond donors (Lipinski definition) is 2. The summed E-state index contributed by atoms with van der Waals surface area (Å²) in [7, 11) is 0. The monoisotopic (exact) mass is 338 g/mol. The molecule has 138 valence electrons. The lowest BCUT2D eigenvalue weighted by molar-refractivity contribution is -0.122. The third-order valence-corrected chi connectivity index (χ3v) is 4.98. The topological polar surface area (TPSA) is 66.8 Å². The molecule has 0 aromatic heterocycles. The Labute approximate surface area is 146 Å². The van der Waals surface area contributed by atoms with Gasteiger partial charge in [0.15, 0.2) is 0 Å². The summed E-state index contributed by atoms with van der Waals surface area (Å²) in [5.74, 6) is 0.314. The predicted octanol–water partition coefficient (Wildman–Crippen LogP) is 3.57. The number of hydrogen-bond acceptors (Lipinski definition) is 4. The van der Waals surface area contributed by atoms with Gasteiger partial charge in [-0.25, -0.2) is 0 Å². The third-order valence-electron chi connectivity index (χ3n) is 4.98. The summed E-state index contributed by atoms with van der Waals surface area (Å²) in [5.41, 5.74) is 1.64. The highest BCUT2D eigenvalue weighted by atomic mass is 16.5. The van der Waals surface area contributed by atoms with Crippen LogP contribution in [0.1, 0.15) is 66.2 Å². The van der Waals surface area contributed by atoms with Crippen LogP contribution in [-0.2, 0) is 9.53 Å². The largest absolute Gasteiger partial charge is 0.392 e. The number of aliphatic hydroxyl groups is 2. The van der Waals surface area contributed by atoms with Crippen molar-refractivity contribution in [3.63, 3.8) is 0 Å². The van der Waals surface area contributed by atoms with E-state index in [2.05, 4.69) is 0 Å². The Morgan fingerprint density at radius 1 is 1.46 bits per heavy atom. The van der Waals surface area contributed by atoms with Crippen molar-refractivity contribution in [1.29, 1.82) is 0 Å². The van der Waals surface area contributed by atoms with E-state index in [0.717, 1.165) is 31.3 Å². The Balaban J connectivity index is 2.48. The highest BCUT2D eigenvalue weighted by molar-refractivity contribution is 5.82. The maximum atomic E-state index is 12.1. The molecule has 3 atom stereocenters. The minimum atomic E-state index is -0.576. The maximum Gasteiger partial charge on any atom is 0.139 e. The standard InChI is InChI=1S/C20H34O4/c1-15(2)7-9-18(22)16(3)6-5-12-20(4)19(23)10-8-17(11-13-21)14-24-20/h7,11,16,19,21,23H,5-6,8-10,12-14H2,1-4H3/b17-11+/t16?,19-,20-/m0/s1. The Kier molecular flexibility index (Phi) is 8.88. The number of carbonyl (C=O) groups is 1. The summed E-state index contributed by atoms with van der Waals surface area (Å²) < 4.78 is 5.97. The highest BCUT2D eigenvalue weighted by Crippen LogP contribution is 2.31. The molecule has 1 aliphatic rings. The number of rotatable bonds is 8. The van der Waals surface area contributed by atoms with Crippen molar-refractivity contribution >= 4 is 5.78 Å². The molecule has 0 amide bonds. The van der Waals surface area contributed by atoms with Gasteiger partial charge in [-0.05, 0) is 58.4 Å². The number of carbonyl (C=O) groups excluding carboxylic acids is 1. The van der Waals surface area contributed by atoms with Crippen molar-refractivity contribution in [2.24, 2.45) is 5.92 Å². The molecule has 0 radical (unpaired) electrons. The summed E-state index contributed by atoms with van der Waals surface area (Å²) in [6, 6.07) is 0. The number of ketones is 1. The van der Waals surface area contributed by atoms with Crippen LogP contribution >= 0.6 is 0 Å². The molecule has 0 saturated carbocycles. The van der Waals surface area contributed by atoms with Gasteiger partial charge in [-0.15, -0.1) is 0 Å². The number of ether oxygens (including phenoxy) is 1. The second-order valence-electron chi connectivity index (χ2n) is 7.45. The van der Waals surface area contributed by atoms with E-state index in [4.69, 9.17) is 9.84 Å². The summed E-state index contributed by atoms with van der Waals surface area (Å²) >= 11 is 0. The van der Waals surface area contributed by atoms with Crippen LogP contribution in [0.4, 0.5) is 0 Å². The van der Waals surface area contributed by atoms with Crippen LogP contribution in [0, 0.1) is 5.92 Å². The fourth-order valence-electron chi connectivity index (χ4n) is 3.01. The minimum absolute atomic E-state index is 0.0107. The molecule has 0 aliphatic carbocycles. The molecule has 0 spiro atoms. The summed E-state index contributed by atoms with van der Waals surface area (Å²) in [4.78, 5) is 12.1. The first-order chi connectivity index (χ1) is 11.3. The predicted molar refractivity (Wildman–Crippen MR) is 96.8 cm³/mol. The fraction of sp³-hybridized carbons (Fsp3) is 0.750. The van der Waals surface area contributed by atoms with Gasteiger partial charge >= 0.3 is 0 Å². The maximum absolute atomic E-state index is 12.1. The van der Waals surface area contributed by atoms with Crippen molar-refractivity contribution in [2.45, 2.75) is 77.9 Å². The average molecular weight is 338 g/mol. The molecule has 1 heterocycles. The SMILES string of the molecule is CC(C)=CCC(=O)C(C)CCC[C@]1(C)OC/C(=C/CO)CC[C@@H]1O. The van der Waals surface area contributed by atoms with E-state index in [0.29, 0.717) is 19.4 Å². The van der Waals surface area contributed by atoms with Crippen molar-refractivity contribution in [3.05, 3.63) is 23.3 Å². The van der Waals surface area contributed by atoms with E-state index in [1.54, 1.807) is 6.08 Å². The van der Waals surface area contributed by atoms with Gasteiger partial charge in [-0.1, -0.05) is 24.6 Å². The lowest BCUT2D eigenvalue weighted by atomic mass is 9.87. The fourth-order valence-corrected chi connectivity index (χ4v) is 3.01. The first-order valence-electron chi connectivity index (χ1n) is 9.05. The van der Waals surface area contributed by atoms with E-state index in [-0.39, 0.29) is 18.3 Å². The van der Waals surface area contributed by atoms with E-state index in [1.165, 1.54) is 5.57 Å². The van der Waals surface area contributed by atoms with Gasteiger partial charge in [0.05, 0.1) is 24.9 Å². The Bertz CT molecular complexity index is 462. The first-order valence-corrected chi connectivity index (χ1v) is 9.05. The molecule has 4 nitrogen and oxygen atoms in total. The van der Waals surface area contributed by atoms with Crippen LogP contribution in [0.5, 0.6) is 0 Å². The summed E-state index contributed by atoms with van der Waals surface area (Å²) in [6.07, 6.45) is 7.56. The lowest BCUT2D eigenvalue weighted by Crippen LogP contribution is -2.41. The van der Waals surface area contributed by atoms with Gasteiger partial charge in [0.25, 0.3) is 0 Å². The number of allylic oxidation sites excluding steroid dienone is 2. The molecule has 0 aromatic carbocycles. The van der Waals surface area contributed by atoms with Crippen LogP contribution in [0.15, 0.2) is 23.3 Å². The molecule has 0 bridgehead atoms. The van der Waals surface area contributed by atoms with Gasteiger partial charge < -0.3 is 14.9 Å². The van der Waals surface area contributed by atoms with E-state index >= 15 is 0 Å². The molecule has 1 saturated heterocycles. The summed E-state index contributed by atoms with van der Waals surface area (Å²) in [5, 5.41) is 19.4. The zero-order valence-electron chi connectivity index (χ0n) is 15.7. The van der Waals surface area contributed by atoms with Crippen molar-refractivity contribution < 1.29 is 19.7 Å². The van der Waals surface area contributed by atoms with Gasteiger partial charge in [-0.2, -0.15) is 0 Å². The second-order valence-corrected chi connectivity index (χ2v) is 7.45. The minimum Gasteiger partial charge on any atom is -0.392 e. The molecule has 1 rings (SSSR count). The van der Waals surface area contributed by atoms with Gasteiger partial charge in [0, 0.05) is 12.3 Å². The Morgan fingerprint density at radius 3 is 2.79 bits per heavy atom. The molecule has 0 aromatic rings. The smallest absolute Gasteiger partial charge is 0.139 e. The van der Waals surface area contributed by atoms with E-state index in [9.17, 15) is 9.90 Å². The van der Waals surface area contributed by atoms with Crippen molar-refractivity contribution in [3.8, 4) is 0 Å². The van der Waals surface area contributed by atoms with E-state index < -0.39 is 11.7 Å². The van der Waals surface area contributed by atoms with Crippen molar-refractivity contribution in [1.82, 2.24) is 0 Å². The van der Waals surface area contributed by atoms with Gasteiger partial charge in [0.1, 0.15) is 5.78 Å². The normalized spacial score (nSPS) is 27.6. The molecule has 1 aliphatic heterocycles. The molecule has 24 heavy (non-hydrogen) atoms. The molecular weight excluding hydrogens is 304 g/mol. The first kappa shape index (κ1) is 21.1. The van der Waals surface area contributed by atoms with Gasteiger partial charge in [-0.3, -0.25) is 4.79 Å². The molecular formula is C20H34O4. The van der Waals surface area contributed by atoms with E-state index in [1.807, 2.05) is 33.8 Å². The molecule has 2 N–H and O–H groups in total. The summed E-state index contributed by atoms with van der Waals surface area (Å²) in [6.45, 7) is 8.41. The zero-order valence-corrected chi connectivity index (χ0v) is 15.7. The average Bonchev–Trinajstić information content (AvgIpc) is 2.66. The molecule has 1 unspecified atom stereocenters. The highest BCUT2D eigenvalue weighted by Gasteiger charge is 2.35.